The molecule has 1 aliphatic heterocycles. The summed E-state index contributed by atoms with van der Waals surface area (Å²) < 4.78 is 13.6. The second-order valence-corrected chi connectivity index (χ2v) is 5.44. The Bertz CT molecular complexity index is 702. The zero-order valence-corrected chi connectivity index (χ0v) is 12.2. The number of carbonyl (C=O) groups is 1. The molecule has 0 unspecified atom stereocenters. The van der Waals surface area contributed by atoms with Crippen LogP contribution in [0.1, 0.15) is 12.0 Å². The van der Waals surface area contributed by atoms with E-state index in [1.54, 1.807) is 18.2 Å². The van der Waals surface area contributed by atoms with Crippen LogP contribution in [-0.2, 0) is 11.2 Å². The summed E-state index contributed by atoms with van der Waals surface area (Å²) in [6.45, 7) is 1.01. The van der Waals surface area contributed by atoms with E-state index in [9.17, 15) is 9.18 Å². The van der Waals surface area contributed by atoms with Crippen LogP contribution >= 0.6 is 0 Å². The van der Waals surface area contributed by atoms with Crippen LogP contribution in [0.2, 0.25) is 0 Å². The highest BCUT2D eigenvalue weighted by Gasteiger charge is 2.19. The Morgan fingerprint density at radius 2 is 2.09 bits per heavy atom. The number of hydrogen-bond acceptors (Lipinski definition) is 3. The molecule has 3 N–H and O–H groups in total. The minimum atomic E-state index is -0.428. The number of nitrogen functional groups attached to an aromatic ring is 1. The molecule has 2 aromatic rings. The van der Waals surface area contributed by atoms with Crippen molar-refractivity contribution >= 4 is 23.0 Å². The summed E-state index contributed by atoms with van der Waals surface area (Å²) in [5, 5.41) is 2.62. The molecule has 114 valence electrons. The third-order valence-corrected chi connectivity index (χ3v) is 3.80. The van der Waals surface area contributed by atoms with Crippen LogP contribution in [0.3, 0.4) is 0 Å². The molecule has 0 fully saturated rings. The van der Waals surface area contributed by atoms with Gasteiger partial charge >= 0.3 is 0 Å². The molecule has 0 aromatic heterocycles. The summed E-state index contributed by atoms with van der Waals surface area (Å²) in [6, 6.07) is 11.9. The fraction of sp³-hybridized carbons (Fsp3) is 0.235. The third kappa shape index (κ3) is 3.03. The summed E-state index contributed by atoms with van der Waals surface area (Å²) in [5.41, 5.74) is 8.94. The van der Waals surface area contributed by atoms with Gasteiger partial charge in [0.15, 0.2) is 0 Å². The lowest BCUT2D eigenvalue weighted by molar-refractivity contribution is -0.115. The first kappa shape index (κ1) is 14.4. The van der Waals surface area contributed by atoms with E-state index in [2.05, 4.69) is 5.32 Å². The molecule has 0 spiro atoms. The lowest BCUT2D eigenvalue weighted by Gasteiger charge is -2.31. The number of anilines is 3. The van der Waals surface area contributed by atoms with E-state index in [4.69, 9.17) is 5.73 Å². The van der Waals surface area contributed by atoms with Gasteiger partial charge in [0, 0.05) is 17.9 Å². The maximum Gasteiger partial charge on any atom is 0.243 e. The number of nitrogens with two attached hydrogens (primary N) is 1. The van der Waals surface area contributed by atoms with Crippen LogP contribution in [0, 0.1) is 5.82 Å². The number of benzene rings is 2. The Balaban J connectivity index is 1.72. The fourth-order valence-corrected chi connectivity index (χ4v) is 2.78. The molecule has 3 rings (SSSR count). The number of rotatable bonds is 3. The normalized spacial score (nSPS) is 13.6. The minimum Gasteiger partial charge on any atom is -0.399 e. The zero-order valence-electron chi connectivity index (χ0n) is 12.2. The van der Waals surface area contributed by atoms with Crippen LogP contribution in [-0.4, -0.2) is 19.0 Å². The number of halogens is 1. The zero-order chi connectivity index (χ0) is 15.5. The van der Waals surface area contributed by atoms with Crippen molar-refractivity contribution in [2.45, 2.75) is 12.8 Å². The topological polar surface area (TPSA) is 58.4 Å². The first-order chi connectivity index (χ1) is 10.6. The summed E-state index contributed by atoms with van der Waals surface area (Å²) >= 11 is 0. The second kappa shape index (κ2) is 6.05. The molecule has 4 nitrogen and oxygen atoms in total. The van der Waals surface area contributed by atoms with Gasteiger partial charge in [-0.05, 0) is 48.7 Å². The van der Waals surface area contributed by atoms with E-state index in [0.717, 1.165) is 36.3 Å². The quantitative estimate of drug-likeness (QED) is 0.857. The van der Waals surface area contributed by atoms with E-state index >= 15 is 0 Å². The molecule has 0 bridgehead atoms. The van der Waals surface area contributed by atoms with Crippen molar-refractivity contribution in [2.75, 3.05) is 29.0 Å². The standard InChI is InChI=1S/C17H18FN3O/c18-14-5-1-2-6-15(14)20-17(22)11-21-9-3-4-12-10-13(19)7-8-16(12)21/h1-2,5-8,10H,3-4,9,11,19H2,(H,20,22). The van der Waals surface area contributed by atoms with Gasteiger partial charge in [-0.15, -0.1) is 0 Å². The summed E-state index contributed by atoms with van der Waals surface area (Å²) in [4.78, 5) is 14.2. The van der Waals surface area contributed by atoms with Crippen molar-refractivity contribution in [3.8, 4) is 0 Å². The Labute approximate surface area is 128 Å². The summed E-state index contributed by atoms with van der Waals surface area (Å²) in [7, 11) is 0. The van der Waals surface area contributed by atoms with Gasteiger partial charge in [0.2, 0.25) is 5.91 Å². The van der Waals surface area contributed by atoms with Gasteiger partial charge in [0.25, 0.3) is 0 Å². The number of amides is 1. The van der Waals surface area contributed by atoms with E-state index in [1.165, 1.54) is 6.07 Å². The van der Waals surface area contributed by atoms with Crippen LogP contribution < -0.4 is 16.0 Å². The SMILES string of the molecule is Nc1ccc2c(c1)CCCN2CC(=O)Nc1ccccc1F. The number of fused-ring (bicyclic) bond motifs is 1. The molecule has 1 amide bonds. The Kier molecular flexibility index (Phi) is 3.96. The second-order valence-electron chi connectivity index (χ2n) is 5.44. The molecule has 22 heavy (non-hydrogen) atoms. The molecule has 0 atom stereocenters. The average Bonchev–Trinajstić information content (AvgIpc) is 2.49. The lowest BCUT2D eigenvalue weighted by atomic mass is 10.0. The van der Waals surface area contributed by atoms with Gasteiger partial charge in [-0.2, -0.15) is 0 Å². The van der Waals surface area contributed by atoms with Crippen LogP contribution in [0.25, 0.3) is 0 Å². The molecular formula is C17H18FN3O. The largest absolute Gasteiger partial charge is 0.399 e. The maximum absolute atomic E-state index is 13.6. The number of para-hydroxylation sites is 1. The van der Waals surface area contributed by atoms with E-state index in [-0.39, 0.29) is 18.1 Å². The van der Waals surface area contributed by atoms with Crippen LogP contribution in [0.5, 0.6) is 0 Å². The summed E-state index contributed by atoms with van der Waals surface area (Å²) in [6.07, 6.45) is 1.94. The third-order valence-electron chi connectivity index (χ3n) is 3.80. The molecule has 1 heterocycles. The predicted octanol–water partition coefficient (Wildman–Crippen LogP) is 2.80. The van der Waals surface area contributed by atoms with Crippen molar-refractivity contribution in [1.29, 1.82) is 0 Å². The minimum absolute atomic E-state index is 0.200. The highest BCUT2D eigenvalue weighted by molar-refractivity contribution is 5.94. The number of hydrogen-bond donors (Lipinski definition) is 2. The van der Waals surface area contributed by atoms with Crippen molar-refractivity contribution < 1.29 is 9.18 Å². The number of nitrogens with one attached hydrogen (secondary N) is 1. The van der Waals surface area contributed by atoms with Gasteiger partial charge in [-0.1, -0.05) is 12.1 Å². The lowest BCUT2D eigenvalue weighted by Crippen LogP contribution is -2.36. The molecular weight excluding hydrogens is 281 g/mol. The fourth-order valence-electron chi connectivity index (χ4n) is 2.78. The van der Waals surface area contributed by atoms with Crippen LogP contribution in [0.15, 0.2) is 42.5 Å². The number of carbonyl (C=O) groups excluding carboxylic acids is 1. The monoisotopic (exact) mass is 299 g/mol. The molecule has 0 saturated heterocycles. The maximum atomic E-state index is 13.6. The van der Waals surface area contributed by atoms with Gasteiger partial charge in [-0.3, -0.25) is 4.79 Å². The van der Waals surface area contributed by atoms with Crippen molar-refractivity contribution in [1.82, 2.24) is 0 Å². The smallest absolute Gasteiger partial charge is 0.243 e. The van der Waals surface area contributed by atoms with E-state index < -0.39 is 5.82 Å². The first-order valence-electron chi connectivity index (χ1n) is 7.31. The first-order valence-corrected chi connectivity index (χ1v) is 7.31. The number of nitrogens with zero attached hydrogens (tertiary/aromatic N) is 1. The van der Waals surface area contributed by atoms with Crippen molar-refractivity contribution in [3.05, 3.63) is 53.8 Å². The Morgan fingerprint density at radius 3 is 2.91 bits per heavy atom. The molecule has 1 aliphatic rings. The van der Waals surface area contributed by atoms with Gasteiger partial charge in [0.1, 0.15) is 5.82 Å². The highest BCUT2D eigenvalue weighted by Crippen LogP contribution is 2.28. The van der Waals surface area contributed by atoms with Gasteiger partial charge < -0.3 is 16.0 Å². The Morgan fingerprint density at radius 1 is 1.27 bits per heavy atom. The van der Waals surface area contributed by atoms with E-state index in [0.29, 0.717) is 0 Å². The molecule has 0 aliphatic carbocycles. The van der Waals surface area contributed by atoms with Crippen molar-refractivity contribution in [3.63, 3.8) is 0 Å². The van der Waals surface area contributed by atoms with Gasteiger partial charge in [-0.25, -0.2) is 4.39 Å². The molecule has 0 radical (unpaired) electrons. The van der Waals surface area contributed by atoms with Crippen LogP contribution in [0.4, 0.5) is 21.5 Å². The predicted molar refractivity (Wildman–Crippen MR) is 86.4 cm³/mol. The number of aryl methyl sites for hydroxylation is 1. The molecule has 5 heteroatoms. The van der Waals surface area contributed by atoms with E-state index in [1.807, 2.05) is 23.1 Å². The highest BCUT2D eigenvalue weighted by atomic mass is 19.1. The average molecular weight is 299 g/mol. The molecule has 0 saturated carbocycles. The Hall–Kier alpha value is -2.56. The summed E-state index contributed by atoms with van der Waals surface area (Å²) in [5.74, 6) is -0.655. The van der Waals surface area contributed by atoms with Gasteiger partial charge in [0.05, 0.1) is 12.2 Å². The van der Waals surface area contributed by atoms with Crippen molar-refractivity contribution in [2.24, 2.45) is 0 Å². The molecule has 2 aromatic carbocycles.